The van der Waals surface area contributed by atoms with E-state index in [2.05, 4.69) is 23.5 Å². The molecule has 3 atom stereocenters. The topological polar surface area (TPSA) is 39.7 Å². The Hall–Kier alpha value is -2.04. The number of hydrogen-bond donors (Lipinski definition) is 1. The van der Waals surface area contributed by atoms with Gasteiger partial charge in [0.1, 0.15) is 11.5 Å². The second-order valence-electron chi connectivity index (χ2n) is 7.88. The van der Waals surface area contributed by atoms with Crippen LogP contribution in [-0.4, -0.2) is 25.9 Å². The van der Waals surface area contributed by atoms with Gasteiger partial charge in [0, 0.05) is 43.0 Å². The summed E-state index contributed by atoms with van der Waals surface area (Å²) in [5.74, 6) is 2.93. The maximum Gasteiger partial charge on any atom is 0.127 e. The normalized spacial score (nSPS) is 27.9. The van der Waals surface area contributed by atoms with Gasteiger partial charge in [-0.1, -0.05) is 18.2 Å². The lowest BCUT2D eigenvalue weighted by molar-refractivity contribution is -0.0518. The summed E-state index contributed by atoms with van der Waals surface area (Å²) in [5.41, 5.74) is 2.45. The summed E-state index contributed by atoms with van der Waals surface area (Å²) in [4.78, 5) is 0. The Morgan fingerprint density at radius 2 is 1.74 bits per heavy atom. The first-order valence-electron chi connectivity index (χ1n) is 10.2. The van der Waals surface area contributed by atoms with Crippen molar-refractivity contribution in [3.05, 3.63) is 54.1 Å². The lowest BCUT2D eigenvalue weighted by Crippen LogP contribution is -2.46. The largest absolute Gasteiger partial charge is 0.457 e. The lowest BCUT2D eigenvalue weighted by Gasteiger charge is -2.46. The van der Waals surface area contributed by atoms with Crippen molar-refractivity contribution in [3.63, 3.8) is 0 Å². The molecule has 3 heterocycles. The van der Waals surface area contributed by atoms with Crippen LogP contribution in [0, 0.1) is 11.8 Å². The van der Waals surface area contributed by atoms with Crippen LogP contribution in [0.4, 0.5) is 5.69 Å². The summed E-state index contributed by atoms with van der Waals surface area (Å²) in [6, 6.07) is 16.8. The predicted molar refractivity (Wildman–Crippen MR) is 105 cm³/mol. The van der Waals surface area contributed by atoms with E-state index in [1.807, 2.05) is 30.3 Å². The molecule has 2 fully saturated rings. The standard InChI is InChI=1S/C23H27NO3/c1-2-5-17(6-3-1)27-18-8-9-21-20(15-18)23-19(7-4-12-26-23)22(24-21)16-10-13-25-14-11-16/h1-3,5-6,8-9,15-16,19,22-24H,4,7,10-14H2/t19-,22?,23-/m0/s1. The molecule has 0 spiro atoms. The number of hydrogen-bond acceptors (Lipinski definition) is 4. The Balaban J connectivity index is 1.44. The molecular formula is C23H27NO3. The molecule has 0 aromatic heterocycles. The van der Waals surface area contributed by atoms with Gasteiger partial charge in [0.15, 0.2) is 0 Å². The maximum absolute atomic E-state index is 6.31. The van der Waals surface area contributed by atoms with E-state index in [0.29, 0.717) is 17.9 Å². The molecule has 1 N–H and O–H groups in total. The molecule has 2 aromatic carbocycles. The highest BCUT2D eigenvalue weighted by Gasteiger charge is 2.42. The molecule has 3 aliphatic rings. The maximum atomic E-state index is 6.31. The molecule has 5 rings (SSSR count). The summed E-state index contributed by atoms with van der Waals surface area (Å²) in [7, 11) is 0. The summed E-state index contributed by atoms with van der Waals surface area (Å²) >= 11 is 0. The second-order valence-corrected chi connectivity index (χ2v) is 7.88. The van der Waals surface area contributed by atoms with E-state index >= 15 is 0 Å². The molecular weight excluding hydrogens is 338 g/mol. The number of fused-ring (bicyclic) bond motifs is 3. The molecule has 4 nitrogen and oxygen atoms in total. The van der Waals surface area contributed by atoms with Crippen molar-refractivity contribution >= 4 is 5.69 Å². The summed E-state index contributed by atoms with van der Waals surface area (Å²) in [6.07, 6.45) is 4.83. The summed E-state index contributed by atoms with van der Waals surface area (Å²) in [6.45, 7) is 2.63. The van der Waals surface area contributed by atoms with Crippen LogP contribution in [-0.2, 0) is 9.47 Å². The molecule has 1 unspecified atom stereocenters. The molecule has 142 valence electrons. The van der Waals surface area contributed by atoms with Crippen molar-refractivity contribution in [3.8, 4) is 11.5 Å². The van der Waals surface area contributed by atoms with Crippen LogP contribution >= 0.6 is 0 Å². The molecule has 0 radical (unpaired) electrons. The van der Waals surface area contributed by atoms with Crippen LogP contribution in [0.1, 0.15) is 37.4 Å². The molecule has 27 heavy (non-hydrogen) atoms. The van der Waals surface area contributed by atoms with Gasteiger partial charge in [0.2, 0.25) is 0 Å². The minimum atomic E-state index is 0.169. The minimum Gasteiger partial charge on any atom is -0.457 e. The highest BCUT2D eigenvalue weighted by Crippen LogP contribution is 2.48. The third-order valence-electron chi connectivity index (χ3n) is 6.23. The Kier molecular flexibility index (Phi) is 4.76. The van der Waals surface area contributed by atoms with Crippen molar-refractivity contribution in [2.24, 2.45) is 11.8 Å². The van der Waals surface area contributed by atoms with Crippen LogP contribution in [0.5, 0.6) is 11.5 Å². The highest BCUT2D eigenvalue weighted by atomic mass is 16.5. The Bertz CT molecular complexity index is 772. The molecule has 0 amide bonds. The SMILES string of the molecule is c1ccc(Oc2ccc3c(c2)[C@H]2OCCC[C@H]2C(C2CCOCC2)N3)cc1. The third kappa shape index (κ3) is 3.44. The number of ether oxygens (including phenoxy) is 3. The molecule has 3 aliphatic heterocycles. The van der Waals surface area contributed by atoms with E-state index in [0.717, 1.165) is 50.6 Å². The van der Waals surface area contributed by atoms with Crippen molar-refractivity contribution in [2.45, 2.75) is 37.8 Å². The monoisotopic (exact) mass is 365 g/mol. The van der Waals surface area contributed by atoms with Gasteiger partial charge in [-0.25, -0.2) is 0 Å². The number of rotatable bonds is 3. The molecule has 2 aromatic rings. The molecule has 0 saturated carbocycles. The minimum absolute atomic E-state index is 0.169. The van der Waals surface area contributed by atoms with Crippen LogP contribution in [0.2, 0.25) is 0 Å². The van der Waals surface area contributed by atoms with Crippen LogP contribution < -0.4 is 10.1 Å². The van der Waals surface area contributed by atoms with Gasteiger partial charge >= 0.3 is 0 Å². The number of benzene rings is 2. The van der Waals surface area contributed by atoms with E-state index in [9.17, 15) is 0 Å². The van der Waals surface area contributed by atoms with Gasteiger partial charge in [-0.3, -0.25) is 0 Å². The molecule has 2 saturated heterocycles. The van der Waals surface area contributed by atoms with E-state index in [-0.39, 0.29) is 6.10 Å². The Morgan fingerprint density at radius 3 is 2.59 bits per heavy atom. The van der Waals surface area contributed by atoms with Gasteiger partial charge in [-0.15, -0.1) is 0 Å². The Labute approximate surface area is 160 Å². The van der Waals surface area contributed by atoms with Crippen molar-refractivity contribution in [1.82, 2.24) is 0 Å². The van der Waals surface area contributed by atoms with Crippen molar-refractivity contribution < 1.29 is 14.2 Å². The van der Waals surface area contributed by atoms with Gasteiger partial charge < -0.3 is 19.5 Å². The molecule has 0 bridgehead atoms. The zero-order chi connectivity index (χ0) is 18.1. The lowest BCUT2D eigenvalue weighted by atomic mass is 9.73. The Morgan fingerprint density at radius 1 is 0.889 bits per heavy atom. The average Bonchev–Trinajstić information content (AvgIpc) is 2.75. The fourth-order valence-electron chi connectivity index (χ4n) is 4.92. The highest BCUT2D eigenvalue weighted by molar-refractivity contribution is 5.59. The molecule has 4 heteroatoms. The first-order valence-corrected chi connectivity index (χ1v) is 10.2. The second kappa shape index (κ2) is 7.53. The van der Waals surface area contributed by atoms with Crippen LogP contribution in [0.3, 0.4) is 0 Å². The van der Waals surface area contributed by atoms with Gasteiger partial charge in [0.05, 0.1) is 6.10 Å². The van der Waals surface area contributed by atoms with Gasteiger partial charge in [-0.2, -0.15) is 0 Å². The fourth-order valence-corrected chi connectivity index (χ4v) is 4.92. The summed E-state index contributed by atoms with van der Waals surface area (Å²) < 4.78 is 18.0. The van der Waals surface area contributed by atoms with Crippen LogP contribution in [0.25, 0.3) is 0 Å². The zero-order valence-electron chi connectivity index (χ0n) is 15.6. The first-order chi connectivity index (χ1) is 13.4. The van der Waals surface area contributed by atoms with Gasteiger partial charge in [-0.05, 0) is 61.9 Å². The van der Waals surface area contributed by atoms with E-state index in [4.69, 9.17) is 14.2 Å². The van der Waals surface area contributed by atoms with E-state index in [1.54, 1.807) is 0 Å². The number of anilines is 1. The van der Waals surface area contributed by atoms with Crippen molar-refractivity contribution in [2.75, 3.05) is 25.1 Å². The fraction of sp³-hybridized carbons (Fsp3) is 0.478. The zero-order valence-corrected chi connectivity index (χ0v) is 15.6. The third-order valence-corrected chi connectivity index (χ3v) is 6.23. The predicted octanol–water partition coefficient (Wildman–Crippen LogP) is 5.17. The van der Waals surface area contributed by atoms with Gasteiger partial charge in [0.25, 0.3) is 0 Å². The average molecular weight is 365 g/mol. The first kappa shape index (κ1) is 17.1. The smallest absolute Gasteiger partial charge is 0.127 e. The molecule has 0 aliphatic carbocycles. The van der Waals surface area contributed by atoms with Crippen molar-refractivity contribution in [1.29, 1.82) is 0 Å². The number of para-hydroxylation sites is 1. The summed E-state index contributed by atoms with van der Waals surface area (Å²) in [5, 5.41) is 3.87. The van der Waals surface area contributed by atoms with E-state index in [1.165, 1.54) is 17.7 Å². The van der Waals surface area contributed by atoms with Crippen LogP contribution in [0.15, 0.2) is 48.5 Å². The number of nitrogens with one attached hydrogen (secondary N) is 1. The van der Waals surface area contributed by atoms with E-state index < -0.39 is 0 Å². The quantitative estimate of drug-likeness (QED) is 0.815.